The van der Waals surface area contributed by atoms with Gasteiger partial charge in [-0.1, -0.05) is 54.1 Å². The number of likely N-dealkylation sites (tertiary alicyclic amines) is 1. The molecule has 0 aromatic heterocycles. The van der Waals surface area contributed by atoms with E-state index in [1.165, 1.54) is 12.0 Å². The maximum atomic E-state index is 13.3. The van der Waals surface area contributed by atoms with Gasteiger partial charge in [-0.2, -0.15) is 0 Å². The predicted molar refractivity (Wildman–Crippen MR) is 143 cm³/mol. The van der Waals surface area contributed by atoms with Crippen molar-refractivity contribution in [3.8, 4) is 11.5 Å². The van der Waals surface area contributed by atoms with E-state index < -0.39 is 17.7 Å². The monoisotopic (exact) mass is 520 g/mol. The van der Waals surface area contributed by atoms with Crippen LogP contribution in [0.2, 0.25) is 5.02 Å². The average molecular weight is 521 g/mol. The van der Waals surface area contributed by atoms with E-state index in [1.54, 1.807) is 30.3 Å². The Hall–Kier alpha value is -3.81. The van der Waals surface area contributed by atoms with Gasteiger partial charge in [0.05, 0.1) is 23.7 Å². The molecule has 1 saturated heterocycles. The molecule has 1 heterocycles. The summed E-state index contributed by atoms with van der Waals surface area (Å²) in [4.78, 5) is 29.9. The number of hydrogen-bond acceptors (Lipinski definition) is 6. The molecule has 1 unspecified atom stereocenters. The van der Waals surface area contributed by atoms with E-state index in [4.69, 9.17) is 21.1 Å². The van der Waals surface area contributed by atoms with Crippen LogP contribution in [0.3, 0.4) is 0 Å². The Morgan fingerprint density at radius 1 is 1.00 bits per heavy atom. The van der Waals surface area contributed by atoms with E-state index in [0.29, 0.717) is 36.8 Å². The first-order valence-corrected chi connectivity index (χ1v) is 12.2. The molecule has 3 aromatic carbocycles. The largest absolute Gasteiger partial charge is 0.507 e. The Balaban J connectivity index is 1.78. The SMILES string of the molecule is COc1ccc(Cl)c(/C(O)=C2\C(=O)C(=O)N(CCN(C)C)C2c2cccc(OCc3ccccc3)c2)c1. The van der Waals surface area contributed by atoms with Crippen molar-refractivity contribution in [2.24, 2.45) is 0 Å². The van der Waals surface area contributed by atoms with Gasteiger partial charge in [0.1, 0.15) is 23.9 Å². The number of Topliss-reactive ketones (excluding diaryl/α,β-unsaturated/α-hetero) is 1. The highest BCUT2D eigenvalue weighted by molar-refractivity contribution is 6.47. The number of aliphatic hydroxyl groups is 1. The first-order valence-electron chi connectivity index (χ1n) is 11.8. The van der Waals surface area contributed by atoms with Crippen molar-refractivity contribution in [1.29, 1.82) is 0 Å². The van der Waals surface area contributed by atoms with Gasteiger partial charge in [-0.15, -0.1) is 0 Å². The van der Waals surface area contributed by atoms with Gasteiger partial charge in [0, 0.05) is 18.7 Å². The maximum absolute atomic E-state index is 13.3. The Morgan fingerprint density at radius 3 is 2.46 bits per heavy atom. The van der Waals surface area contributed by atoms with Crippen molar-refractivity contribution in [3.05, 3.63) is 100 Å². The first-order chi connectivity index (χ1) is 17.8. The molecule has 0 radical (unpaired) electrons. The van der Waals surface area contributed by atoms with E-state index >= 15 is 0 Å². The highest BCUT2D eigenvalue weighted by Crippen LogP contribution is 2.41. The molecule has 1 amide bonds. The molecule has 7 nitrogen and oxygen atoms in total. The van der Waals surface area contributed by atoms with E-state index in [-0.39, 0.29) is 21.9 Å². The number of benzene rings is 3. The fourth-order valence-electron chi connectivity index (χ4n) is 4.24. The number of nitrogens with zero attached hydrogens (tertiary/aromatic N) is 2. The number of ether oxygens (including phenoxy) is 2. The van der Waals surface area contributed by atoms with Crippen molar-refractivity contribution < 1.29 is 24.2 Å². The van der Waals surface area contributed by atoms with Crippen LogP contribution in [-0.4, -0.2) is 60.9 Å². The van der Waals surface area contributed by atoms with Gasteiger partial charge in [0.2, 0.25) is 0 Å². The van der Waals surface area contributed by atoms with Crippen LogP contribution in [0.5, 0.6) is 11.5 Å². The number of carbonyl (C=O) groups excluding carboxylic acids is 2. The smallest absolute Gasteiger partial charge is 0.295 e. The van der Waals surface area contributed by atoms with Crippen LogP contribution in [-0.2, 0) is 16.2 Å². The Morgan fingerprint density at radius 2 is 1.76 bits per heavy atom. The van der Waals surface area contributed by atoms with Crippen molar-refractivity contribution in [3.63, 3.8) is 0 Å². The maximum Gasteiger partial charge on any atom is 0.295 e. The second-order valence-electron chi connectivity index (χ2n) is 8.99. The van der Waals surface area contributed by atoms with Crippen LogP contribution in [0.25, 0.3) is 5.76 Å². The van der Waals surface area contributed by atoms with Crippen LogP contribution in [0.1, 0.15) is 22.7 Å². The van der Waals surface area contributed by atoms with Gasteiger partial charge in [0.25, 0.3) is 11.7 Å². The standard InChI is InChI=1S/C29H29ClN2O5/c1-31(2)14-15-32-26(20-10-7-11-22(16-20)37-18-19-8-5-4-6-9-19)25(28(34)29(32)35)27(33)23-17-21(36-3)12-13-24(23)30/h4-13,16-17,26,33H,14-15,18H2,1-3H3/b27-25+. The molecule has 1 aliphatic heterocycles. The zero-order chi connectivity index (χ0) is 26.5. The fourth-order valence-corrected chi connectivity index (χ4v) is 4.45. The average Bonchev–Trinajstić information content (AvgIpc) is 3.16. The molecular weight excluding hydrogens is 492 g/mol. The minimum absolute atomic E-state index is 0.0286. The number of ketones is 1. The van der Waals surface area contributed by atoms with Crippen LogP contribution >= 0.6 is 11.6 Å². The van der Waals surface area contributed by atoms with E-state index in [9.17, 15) is 14.7 Å². The molecule has 1 atom stereocenters. The summed E-state index contributed by atoms with van der Waals surface area (Å²) < 4.78 is 11.3. The summed E-state index contributed by atoms with van der Waals surface area (Å²) in [5.41, 5.74) is 1.84. The molecule has 0 saturated carbocycles. The lowest BCUT2D eigenvalue weighted by Crippen LogP contribution is -2.35. The van der Waals surface area contributed by atoms with Gasteiger partial charge in [-0.05, 0) is 55.6 Å². The third-order valence-electron chi connectivity index (χ3n) is 6.18. The van der Waals surface area contributed by atoms with Crippen molar-refractivity contribution in [1.82, 2.24) is 9.80 Å². The summed E-state index contributed by atoms with van der Waals surface area (Å²) in [6, 6.07) is 20.9. The van der Waals surface area contributed by atoms with E-state index in [2.05, 4.69) is 0 Å². The molecule has 8 heteroatoms. The molecule has 192 valence electrons. The fraction of sp³-hybridized carbons (Fsp3) is 0.241. The van der Waals surface area contributed by atoms with Gasteiger partial charge in [0.15, 0.2) is 0 Å². The normalized spacial score (nSPS) is 16.9. The molecule has 0 aliphatic carbocycles. The topological polar surface area (TPSA) is 79.3 Å². The van der Waals surface area contributed by atoms with Crippen molar-refractivity contribution in [2.75, 3.05) is 34.3 Å². The minimum Gasteiger partial charge on any atom is -0.507 e. The highest BCUT2D eigenvalue weighted by atomic mass is 35.5. The van der Waals surface area contributed by atoms with Gasteiger partial charge in [-0.3, -0.25) is 9.59 Å². The zero-order valence-electron chi connectivity index (χ0n) is 21.0. The third kappa shape index (κ3) is 5.79. The number of halogens is 1. The molecule has 37 heavy (non-hydrogen) atoms. The summed E-state index contributed by atoms with van der Waals surface area (Å²) >= 11 is 6.38. The Bertz CT molecular complexity index is 1320. The molecule has 1 fully saturated rings. The second kappa shape index (κ2) is 11.5. The highest BCUT2D eigenvalue weighted by Gasteiger charge is 2.46. The molecule has 0 spiro atoms. The van der Waals surface area contributed by atoms with Crippen LogP contribution in [0.15, 0.2) is 78.4 Å². The summed E-state index contributed by atoms with van der Waals surface area (Å²) in [7, 11) is 5.27. The van der Waals surface area contributed by atoms with Crippen LogP contribution < -0.4 is 9.47 Å². The van der Waals surface area contributed by atoms with E-state index in [1.807, 2.05) is 61.5 Å². The summed E-state index contributed by atoms with van der Waals surface area (Å²) in [5, 5.41) is 11.6. The van der Waals surface area contributed by atoms with E-state index in [0.717, 1.165) is 5.56 Å². The number of likely N-dealkylation sites (N-methyl/N-ethyl adjacent to an activating group) is 1. The molecular formula is C29H29ClN2O5. The van der Waals surface area contributed by atoms with Crippen LogP contribution in [0.4, 0.5) is 0 Å². The predicted octanol–water partition coefficient (Wildman–Crippen LogP) is 4.91. The summed E-state index contributed by atoms with van der Waals surface area (Å²) in [6.45, 7) is 1.19. The van der Waals surface area contributed by atoms with Gasteiger partial charge < -0.3 is 24.4 Å². The minimum atomic E-state index is -0.817. The number of aliphatic hydroxyl groups excluding tert-OH is 1. The third-order valence-corrected chi connectivity index (χ3v) is 6.51. The van der Waals surface area contributed by atoms with Crippen molar-refractivity contribution >= 4 is 29.1 Å². The number of amides is 1. The molecule has 0 bridgehead atoms. The zero-order valence-corrected chi connectivity index (χ0v) is 21.7. The lowest BCUT2D eigenvalue weighted by molar-refractivity contribution is -0.140. The number of hydrogen-bond donors (Lipinski definition) is 1. The molecule has 1 N–H and O–H groups in total. The summed E-state index contributed by atoms with van der Waals surface area (Å²) in [6.07, 6.45) is 0. The second-order valence-corrected chi connectivity index (χ2v) is 9.40. The number of rotatable bonds is 9. The van der Waals surface area contributed by atoms with Gasteiger partial charge in [-0.25, -0.2) is 0 Å². The lowest BCUT2D eigenvalue weighted by atomic mass is 9.95. The molecule has 1 aliphatic rings. The quantitative estimate of drug-likeness (QED) is 0.245. The lowest BCUT2D eigenvalue weighted by Gasteiger charge is -2.27. The van der Waals surface area contributed by atoms with Crippen LogP contribution in [0, 0.1) is 0 Å². The summed E-state index contributed by atoms with van der Waals surface area (Å²) in [5.74, 6) is -0.756. The molecule has 4 rings (SSSR count). The first kappa shape index (κ1) is 26.3. The Labute approximate surface area is 221 Å². The van der Waals surface area contributed by atoms with Crippen molar-refractivity contribution in [2.45, 2.75) is 12.6 Å². The molecule has 3 aromatic rings. The Kier molecular flexibility index (Phi) is 8.16. The number of methoxy groups -OCH3 is 1. The number of carbonyl (C=O) groups is 2. The van der Waals surface area contributed by atoms with Gasteiger partial charge >= 0.3 is 0 Å².